The van der Waals surface area contributed by atoms with Gasteiger partial charge in [-0.2, -0.15) is 0 Å². The number of thioether (sulfide) groups is 1. The molecule has 2 aromatic rings. The Morgan fingerprint density at radius 1 is 1.27 bits per heavy atom. The summed E-state index contributed by atoms with van der Waals surface area (Å²) < 4.78 is 16.4. The number of carbonyl (C=O) groups is 3. The highest BCUT2D eigenvalue weighted by Gasteiger charge is 2.36. The first kappa shape index (κ1) is 21.8. The van der Waals surface area contributed by atoms with E-state index in [9.17, 15) is 14.4 Å². The summed E-state index contributed by atoms with van der Waals surface area (Å²) in [4.78, 5) is 41.2. The normalized spacial score (nSPS) is 14.9. The SMILES string of the molecule is COC(=O)CN1C(=O)S/C(=C/c2cc(Br)c(OCc3ccccn3)c(OC)c2)C1=O. The molecule has 8 nitrogen and oxygen atoms in total. The van der Waals surface area contributed by atoms with Gasteiger partial charge in [0.1, 0.15) is 13.2 Å². The molecular formula is C20H17BrN2O6S. The zero-order valence-electron chi connectivity index (χ0n) is 16.1. The van der Waals surface area contributed by atoms with Crippen LogP contribution in [0.1, 0.15) is 11.3 Å². The van der Waals surface area contributed by atoms with Crippen LogP contribution >= 0.6 is 27.7 Å². The van der Waals surface area contributed by atoms with Gasteiger partial charge in [0.25, 0.3) is 11.1 Å². The van der Waals surface area contributed by atoms with Crippen LogP contribution < -0.4 is 9.47 Å². The Kier molecular flexibility index (Phi) is 7.11. The summed E-state index contributed by atoms with van der Waals surface area (Å²) in [5.74, 6) is -0.294. The van der Waals surface area contributed by atoms with E-state index in [2.05, 4.69) is 25.7 Å². The number of pyridine rings is 1. The predicted molar refractivity (Wildman–Crippen MR) is 114 cm³/mol. The van der Waals surface area contributed by atoms with E-state index in [0.717, 1.165) is 22.4 Å². The molecule has 156 valence electrons. The van der Waals surface area contributed by atoms with E-state index in [1.807, 2.05) is 18.2 Å². The molecule has 0 atom stereocenters. The van der Waals surface area contributed by atoms with Gasteiger partial charge in [-0.15, -0.1) is 0 Å². The van der Waals surface area contributed by atoms with Crippen molar-refractivity contribution in [2.45, 2.75) is 6.61 Å². The molecule has 0 radical (unpaired) electrons. The van der Waals surface area contributed by atoms with Crippen LogP contribution in [0.2, 0.25) is 0 Å². The molecule has 0 N–H and O–H groups in total. The third-order valence-electron chi connectivity index (χ3n) is 4.03. The topological polar surface area (TPSA) is 95.0 Å². The van der Waals surface area contributed by atoms with Crippen molar-refractivity contribution in [1.29, 1.82) is 0 Å². The highest BCUT2D eigenvalue weighted by Crippen LogP contribution is 2.39. The lowest BCUT2D eigenvalue weighted by Crippen LogP contribution is -2.34. The largest absolute Gasteiger partial charge is 0.493 e. The molecule has 0 saturated carbocycles. The molecule has 0 aliphatic carbocycles. The van der Waals surface area contributed by atoms with E-state index < -0.39 is 23.7 Å². The molecule has 1 aliphatic heterocycles. The number of ether oxygens (including phenoxy) is 3. The van der Waals surface area contributed by atoms with Gasteiger partial charge in [0.2, 0.25) is 0 Å². The fourth-order valence-corrected chi connectivity index (χ4v) is 3.99. The lowest BCUT2D eigenvalue weighted by Gasteiger charge is -2.13. The van der Waals surface area contributed by atoms with Crippen LogP contribution in [0.5, 0.6) is 11.5 Å². The minimum Gasteiger partial charge on any atom is -0.493 e. The minimum atomic E-state index is -0.669. The van der Waals surface area contributed by atoms with Gasteiger partial charge in [0.05, 0.1) is 29.3 Å². The van der Waals surface area contributed by atoms with E-state index in [0.29, 0.717) is 21.5 Å². The molecule has 2 heterocycles. The number of aromatic nitrogens is 1. The molecule has 0 spiro atoms. The summed E-state index contributed by atoms with van der Waals surface area (Å²) in [6, 6.07) is 8.96. The van der Waals surface area contributed by atoms with Gasteiger partial charge in [0.15, 0.2) is 11.5 Å². The van der Waals surface area contributed by atoms with Gasteiger partial charge < -0.3 is 14.2 Å². The van der Waals surface area contributed by atoms with Crippen LogP contribution in [0.25, 0.3) is 6.08 Å². The Balaban J connectivity index is 1.81. The number of amides is 2. The second-order valence-electron chi connectivity index (χ2n) is 5.99. The molecule has 1 fully saturated rings. The zero-order chi connectivity index (χ0) is 21.7. The Bertz CT molecular complexity index is 1010. The quantitative estimate of drug-likeness (QED) is 0.426. The lowest BCUT2D eigenvalue weighted by molar-refractivity contribution is -0.143. The molecule has 1 aromatic carbocycles. The Labute approximate surface area is 185 Å². The summed E-state index contributed by atoms with van der Waals surface area (Å²) in [6.45, 7) is -0.173. The van der Waals surface area contributed by atoms with Crippen molar-refractivity contribution in [3.05, 3.63) is 57.2 Å². The van der Waals surface area contributed by atoms with Gasteiger partial charge in [-0.05, 0) is 63.6 Å². The Morgan fingerprint density at radius 2 is 2.07 bits per heavy atom. The predicted octanol–water partition coefficient (Wildman–Crippen LogP) is 3.64. The minimum absolute atomic E-state index is 0.194. The van der Waals surface area contributed by atoms with E-state index in [1.54, 1.807) is 24.4 Å². The zero-order valence-corrected chi connectivity index (χ0v) is 18.5. The molecule has 3 rings (SSSR count). The van der Waals surface area contributed by atoms with E-state index in [-0.39, 0.29) is 11.5 Å². The van der Waals surface area contributed by atoms with Crippen LogP contribution in [0.4, 0.5) is 4.79 Å². The molecule has 0 unspecified atom stereocenters. The van der Waals surface area contributed by atoms with Crippen LogP contribution in [-0.2, 0) is 20.9 Å². The molecule has 0 bridgehead atoms. The summed E-state index contributed by atoms with van der Waals surface area (Å²) >= 11 is 4.21. The number of hydrogen-bond donors (Lipinski definition) is 0. The maximum Gasteiger partial charge on any atom is 0.325 e. The number of benzene rings is 1. The molecule has 2 amide bonds. The fraction of sp³-hybridized carbons (Fsp3) is 0.200. The first-order valence-electron chi connectivity index (χ1n) is 8.65. The number of hydrogen-bond acceptors (Lipinski definition) is 8. The van der Waals surface area contributed by atoms with Gasteiger partial charge in [-0.25, -0.2) is 0 Å². The molecule has 30 heavy (non-hydrogen) atoms. The average molecular weight is 493 g/mol. The molecular weight excluding hydrogens is 476 g/mol. The fourth-order valence-electron chi connectivity index (χ4n) is 2.57. The van der Waals surface area contributed by atoms with Crippen molar-refractivity contribution in [3.8, 4) is 11.5 Å². The maximum atomic E-state index is 12.5. The van der Waals surface area contributed by atoms with E-state index >= 15 is 0 Å². The van der Waals surface area contributed by atoms with Crippen molar-refractivity contribution in [2.24, 2.45) is 0 Å². The van der Waals surface area contributed by atoms with Crippen molar-refractivity contribution >= 4 is 50.9 Å². The number of nitrogens with zero attached hydrogens (tertiary/aromatic N) is 2. The van der Waals surface area contributed by atoms with Gasteiger partial charge >= 0.3 is 5.97 Å². The van der Waals surface area contributed by atoms with Gasteiger partial charge in [-0.3, -0.25) is 24.3 Å². The number of rotatable bonds is 7. The van der Waals surface area contributed by atoms with Crippen molar-refractivity contribution in [1.82, 2.24) is 9.88 Å². The first-order valence-corrected chi connectivity index (χ1v) is 10.3. The Hall–Kier alpha value is -2.85. The van der Waals surface area contributed by atoms with Gasteiger partial charge in [-0.1, -0.05) is 6.07 Å². The lowest BCUT2D eigenvalue weighted by atomic mass is 10.2. The van der Waals surface area contributed by atoms with Crippen molar-refractivity contribution in [3.63, 3.8) is 0 Å². The smallest absolute Gasteiger partial charge is 0.325 e. The number of imide groups is 1. The highest BCUT2D eigenvalue weighted by molar-refractivity contribution is 9.10. The van der Waals surface area contributed by atoms with Crippen molar-refractivity contribution < 1.29 is 28.6 Å². The van der Waals surface area contributed by atoms with Crippen LogP contribution in [-0.4, -0.2) is 47.8 Å². The number of halogens is 1. The number of carbonyl (C=O) groups excluding carboxylic acids is 3. The second kappa shape index (κ2) is 9.77. The number of methoxy groups -OCH3 is 2. The second-order valence-corrected chi connectivity index (χ2v) is 7.84. The molecule has 10 heteroatoms. The van der Waals surface area contributed by atoms with Crippen LogP contribution in [0.3, 0.4) is 0 Å². The number of esters is 1. The maximum absolute atomic E-state index is 12.5. The Morgan fingerprint density at radius 3 is 2.73 bits per heavy atom. The average Bonchev–Trinajstić information content (AvgIpc) is 3.00. The molecule has 1 saturated heterocycles. The van der Waals surface area contributed by atoms with Crippen LogP contribution in [0, 0.1) is 0 Å². The summed E-state index contributed by atoms with van der Waals surface area (Å²) in [6.07, 6.45) is 3.24. The summed E-state index contributed by atoms with van der Waals surface area (Å²) in [7, 11) is 2.70. The summed E-state index contributed by atoms with van der Waals surface area (Å²) in [5, 5.41) is -0.530. The van der Waals surface area contributed by atoms with Crippen LogP contribution in [0.15, 0.2) is 45.9 Å². The summed E-state index contributed by atoms with van der Waals surface area (Å²) in [5.41, 5.74) is 1.38. The molecule has 1 aromatic heterocycles. The highest BCUT2D eigenvalue weighted by atomic mass is 79.9. The standard InChI is InChI=1S/C20H17BrN2O6S/c1-27-15-8-12(7-14(21)18(15)29-11-13-5-3-4-6-22-13)9-16-19(25)23(20(26)30-16)10-17(24)28-2/h3-9H,10-11H2,1-2H3/b16-9+. The monoisotopic (exact) mass is 492 g/mol. The van der Waals surface area contributed by atoms with E-state index in [4.69, 9.17) is 9.47 Å². The first-order chi connectivity index (χ1) is 14.4. The molecule has 1 aliphatic rings. The third kappa shape index (κ3) is 5.00. The van der Waals surface area contributed by atoms with Gasteiger partial charge in [0, 0.05) is 6.20 Å². The third-order valence-corrected chi connectivity index (χ3v) is 5.52. The van der Waals surface area contributed by atoms with E-state index in [1.165, 1.54) is 14.2 Å². The van der Waals surface area contributed by atoms with Crippen molar-refractivity contribution in [2.75, 3.05) is 20.8 Å².